The maximum atomic E-state index is 13.3. The topological polar surface area (TPSA) is 70.2 Å². The Labute approximate surface area is 164 Å². The number of carbonyl (C=O) groups is 1. The molecule has 9 heteroatoms. The first-order valence-corrected chi connectivity index (χ1v) is 8.82. The minimum absolute atomic E-state index is 0.226. The third-order valence-electron chi connectivity index (χ3n) is 4.75. The number of alkyl halides is 3. The van der Waals surface area contributed by atoms with E-state index in [1.807, 2.05) is 12.1 Å². The van der Waals surface area contributed by atoms with Gasteiger partial charge in [-0.25, -0.2) is 4.79 Å². The number of carbonyl (C=O) groups excluding carboxylic acids is 1. The average molecular weight is 402 g/mol. The van der Waals surface area contributed by atoms with Gasteiger partial charge in [-0.1, -0.05) is 0 Å². The number of rotatable bonds is 3. The van der Waals surface area contributed by atoms with Crippen LogP contribution in [0.3, 0.4) is 0 Å². The second kappa shape index (κ2) is 7.16. The average Bonchev–Trinajstić information content (AvgIpc) is 3.36. The van der Waals surface area contributed by atoms with Gasteiger partial charge in [-0.3, -0.25) is 9.88 Å². The Morgan fingerprint density at radius 2 is 2.10 bits per heavy atom. The van der Waals surface area contributed by atoms with E-state index in [-0.39, 0.29) is 18.0 Å². The molecule has 0 spiro atoms. The van der Waals surface area contributed by atoms with Gasteiger partial charge in [0.05, 0.1) is 24.6 Å². The smallest absolute Gasteiger partial charge is 0.420 e. The lowest BCUT2D eigenvalue weighted by Gasteiger charge is -2.20. The van der Waals surface area contributed by atoms with Crippen LogP contribution in [0.5, 0.6) is 5.75 Å². The van der Waals surface area contributed by atoms with E-state index < -0.39 is 17.8 Å². The fourth-order valence-electron chi connectivity index (χ4n) is 3.37. The summed E-state index contributed by atoms with van der Waals surface area (Å²) in [5, 5.41) is 2.71. The second-order valence-electron chi connectivity index (χ2n) is 6.56. The van der Waals surface area contributed by atoms with Gasteiger partial charge in [0.2, 0.25) is 0 Å². The molecule has 0 atom stereocenters. The number of hydrogen-bond acceptors (Lipinski definition) is 3. The summed E-state index contributed by atoms with van der Waals surface area (Å²) in [5.41, 5.74) is 2.00. The van der Waals surface area contributed by atoms with Crippen molar-refractivity contribution in [2.24, 2.45) is 0 Å². The molecule has 150 valence electrons. The number of aromatic amines is 1. The molecular formula is C20H17F3N4O2. The van der Waals surface area contributed by atoms with Crippen LogP contribution in [0.25, 0.3) is 11.3 Å². The highest BCUT2D eigenvalue weighted by atomic mass is 19.4. The van der Waals surface area contributed by atoms with Crippen molar-refractivity contribution in [1.82, 2.24) is 9.97 Å². The van der Waals surface area contributed by atoms with Gasteiger partial charge in [0.25, 0.3) is 0 Å². The Bertz CT molecular complexity index is 1050. The molecule has 0 unspecified atom stereocenters. The van der Waals surface area contributed by atoms with Crippen LogP contribution in [0.2, 0.25) is 0 Å². The minimum atomic E-state index is -4.58. The number of methoxy groups -OCH3 is 1. The predicted molar refractivity (Wildman–Crippen MR) is 102 cm³/mol. The zero-order chi connectivity index (χ0) is 20.6. The summed E-state index contributed by atoms with van der Waals surface area (Å²) >= 11 is 0. The number of ether oxygens (including phenoxy) is 1. The number of pyridine rings is 1. The van der Waals surface area contributed by atoms with Gasteiger partial charge in [-0.15, -0.1) is 0 Å². The van der Waals surface area contributed by atoms with Gasteiger partial charge in [-0.05, 0) is 42.3 Å². The molecule has 3 aromatic rings. The molecule has 6 nitrogen and oxygen atoms in total. The fraction of sp³-hybridized carbons (Fsp3) is 0.200. The molecule has 0 radical (unpaired) electrons. The highest BCUT2D eigenvalue weighted by Gasteiger charge is 2.37. The van der Waals surface area contributed by atoms with E-state index in [2.05, 4.69) is 15.3 Å². The molecule has 0 aliphatic carbocycles. The molecule has 1 aromatic carbocycles. The number of hydrogen-bond donors (Lipinski definition) is 2. The van der Waals surface area contributed by atoms with Gasteiger partial charge >= 0.3 is 12.2 Å². The van der Waals surface area contributed by atoms with Crippen LogP contribution in [0.15, 0.2) is 48.9 Å². The quantitative estimate of drug-likeness (QED) is 0.667. The van der Waals surface area contributed by atoms with Crippen LogP contribution in [0.4, 0.5) is 29.3 Å². The van der Waals surface area contributed by atoms with E-state index in [1.165, 1.54) is 24.3 Å². The van der Waals surface area contributed by atoms with Crippen LogP contribution in [0.1, 0.15) is 11.1 Å². The molecule has 0 saturated carbocycles. The van der Waals surface area contributed by atoms with Crippen molar-refractivity contribution in [2.45, 2.75) is 12.6 Å². The summed E-state index contributed by atoms with van der Waals surface area (Å²) in [7, 11) is 1.19. The summed E-state index contributed by atoms with van der Waals surface area (Å²) < 4.78 is 44.9. The highest BCUT2D eigenvalue weighted by Crippen LogP contribution is 2.42. The highest BCUT2D eigenvalue weighted by molar-refractivity contribution is 6.03. The van der Waals surface area contributed by atoms with E-state index in [1.54, 1.807) is 18.5 Å². The number of fused-ring (bicyclic) bond motifs is 1. The Hall–Kier alpha value is -3.49. The summed E-state index contributed by atoms with van der Waals surface area (Å²) in [6.45, 7) is 0.273. The van der Waals surface area contributed by atoms with Crippen molar-refractivity contribution in [3.05, 3.63) is 60.0 Å². The van der Waals surface area contributed by atoms with Crippen molar-refractivity contribution in [3.63, 3.8) is 0 Å². The molecular weight excluding hydrogens is 385 g/mol. The van der Waals surface area contributed by atoms with Crippen molar-refractivity contribution < 1.29 is 22.7 Å². The number of amides is 2. The Balaban J connectivity index is 1.60. The van der Waals surface area contributed by atoms with Gasteiger partial charge in [0.15, 0.2) is 0 Å². The molecule has 0 saturated heterocycles. The standard InChI is InChI=1S/C20H17F3N4O2/c1-29-18-8-12-4-6-27(17(12)9-15(18)20(21,22)23)19(28)26-14-7-13(10-24-11-14)16-3-2-5-25-16/h2-3,5,7-11,25H,4,6H2,1H3,(H,26,28). The third-order valence-corrected chi connectivity index (χ3v) is 4.75. The lowest BCUT2D eigenvalue weighted by atomic mass is 10.1. The number of nitrogens with zero attached hydrogens (tertiary/aromatic N) is 2. The first-order valence-electron chi connectivity index (χ1n) is 8.82. The molecule has 29 heavy (non-hydrogen) atoms. The number of anilines is 2. The van der Waals surface area contributed by atoms with Crippen molar-refractivity contribution >= 4 is 17.4 Å². The second-order valence-corrected chi connectivity index (χ2v) is 6.56. The molecule has 2 amide bonds. The summed E-state index contributed by atoms with van der Waals surface area (Å²) in [5.74, 6) is -0.249. The van der Waals surface area contributed by atoms with Crippen LogP contribution in [0, 0.1) is 0 Å². The molecule has 0 fully saturated rings. The lowest BCUT2D eigenvalue weighted by molar-refractivity contribution is -0.138. The SMILES string of the molecule is COc1cc2c(cc1C(F)(F)F)N(C(=O)Nc1cncc(-c3ccc[nH]3)c1)CC2. The summed E-state index contributed by atoms with van der Waals surface area (Å²) in [6, 6.07) is 7.24. The maximum Gasteiger partial charge on any atom is 0.420 e. The van der Waals surface area contributed by atoms with Crippen LogP contribution in [-0.2, 0) is 12.6 Å². The van der Waals surface area contributed by atoms with E-state index in [0.717, 1.165) is 17.3 Å². The van der Waals surface area contributed by atoms with E-state index >= 15 is 0 Å². The van der Waals surface area contributed by atoms with Crippen molar-refractivity contribution in [3.8, 4) is 17.0 Å². The molecule has 1 aliphatic heterocycles. The van der Waals surface area contributed by atoms with Gasteiger partial charge < -0.3 is 15.0 Å². The Kier molecular flexibility index (Phi) is 4.65. The normalized spacial score (nSPS) is 13.3. The van der Waals surface area contributed by atoms with Gasteiger partial charge in [0.1, 0.15) is 5.75 Å². The van der Waals surface area contributed by atoms with Crippen LogP contribution >= 0.6 is 0 Å². The molecule has 2 aromatic heterocycles. The first-order chi connectivity index (χ1) is 13.9. The molecule has 4 rings (SSSR count). The first kappa shape index (κ1) is 18.9. The van der Waals surface area contributed by atoms with Gasteiger partial charge in [-0.2, -0.15) is 13.2 Å². The predicted octanol–water partition coefficient (Wildman–Crippen LogP) is 4.70. The number of aromatic nitrogens is 2. The lowest BCUT2D eigenvalue weighted by Crippen LogP contribution is -2.33. The monoisotopic (exact) mass is 402 g/mol. The van der Waals surface area contributed by atoms with Crippen LogP contribution in [-0.4, -0.2) is 29.7 Å². The molecule has 1 aliphatic rings. The summed E-state index contributed by atoms with van der Waals surface area (Å²) in [6.07, 6.45) is 0.761. The fourth-order valence-corrected chi connectivity index (χ4v) is 3.37. The largest absolute Gasteiger partial charge is 0.496 e. The number of nitrogens with one attached hydrogen (secondary N) is 2. The Morgan fingerprint density at radius 3 is 2.79 bits per heavy atom. The van der Waals surface area contributed by atoms with Crippen LogP contribution < -0.4 is 15.0 Å². The summed E-state index contributed by atoms with van der Waals surface area (Å²) in [4.78, 5) is 21.2. The van der Waals surface area contributed by atoms with E-state index in [4.69, 9.17) is 4.74 Å². The zero-order valence-electron chi connectivity index (χ0n) is 15.4. The number of halogens is 3. The maximum absolute atomic E-state index is 13.3. The molecule has 2 N–H and O–H groups in total. The van der Waals surface area contributed by atoms with Crippen molar-refractivity contribution in [2.75, 3.05) is 23.9 Å². The number of urea groups is 1. The molecule has 3 heterocycles. The minimum Gasteiger partial charge on any atom is -0.496 e. The van der Waals surface area contributed by atoms with Gasteiger partial charge in [0, 0.05) is 35.9 Å². The molecule has 0 bridgehead atoms. The zero-order valence-corrected chi connectivity index (χ0v) is 15.4. The third kappa shape index (κ3) is 3.63. The Morgan fingerprint density at radius 1 is 1.28 bits per heavy atom. The number of H-pyrrole nitrogens is 1. The van der Waals surface area contributed by atoms with E-state index in [9.17, 15) is 18.0 Å². The van der Waals surface area contributed by atoms with E-state index in [0.29, 0.717) is 17.7 Å². The van der Waals surface area contributed by atoms with Crippen molar-refractivity contribution in [1.29, 1.82) is 0 Å². The number of benzene rings is 1.